The van der Waals surface area contributed by atoms with Crippen LogP contribution >= 0.6 is 0 Å². The number of hydrogen-bond acceptors (Lipinski definition) is 5. The molecule has 1 aliphatic rings. The van der Waals surface area contributed by atoms with Crippen molar-refractivity contribution in [2.24, 2.45) is 0 Å². The number of benzene rings is 1. The van der Waals surface area contributed by atoms with Gasteiger partial charge in [-0.05, 0) is 30.9 Å². The van der Waals surface area contributed by atoms with Crippen LogP contribution in [-0.4, -0.2) is 22.7 Å². The van der Waals surface area contributed by atoms with Crippen LogP contribution < -0.4 is 0 Å². The summed E-state index contributed by atoms with van der Waals surface area (Å²) in [5.41, 5.74) is 2.63. The molecule has 1 aromatic carbocycles. The molecule has 0 saturated heterocycles. The maximum Gasteiger partial charge on any atom is 0.397 e. The van der Waals surface area contributed by atoms with E-state index < -0.39 is 5.97 Å². The van der Waals surface area contributed by atoms with E-state index in [0.29, 0.717) is 12.4 Å². The molecule has 0 saturated carbocycles. The summed E-state index contributed by atoms with van der Waals surface area (Å²) in [6, 6.07) is 8.28. The Balaban J connectivity index is 1.77. The van der Waals surface area contributed by atoms with Gasteiger partial charge in [0.05, 0.1) is 6.61 Å². The lowest BCUT2D eigenvalue weighted by atomic mass is 10.1. The fourth-order valence-corrected chi connectivity index (χ4v) is 2.42. The molecule has 0 unspecified atom stereocenters. The molecule has 0 spiro atoms. The molecule has 3 rings (SSSR count). The second kappa shape index (κ2) is 4.84. The van der Waals surface area contributed by atoms with Gasteiger partial charge >= 0.3 is 11.9 Å². The van der Waals surface area contributed by atoms with E-state index in [-0.39, 0.29) is 11.8 Å². The lowest BCUT2D eigenvalue weighted by Crippen LogP contribution is -2.06. The number of nitrogens with zero attached hydrogens (tertiary/aromatic N) is 2. The van der Waals surface area contributed by atoms with E-state index in [2.05, 4.69) is 22.3 Å². The molecule has 0 atom stereocenters. The van der Waals surface area contributed by atoms with Crippen molar-refractivity contribution in [1.29, 1.82) is 0 Å². The molecule has 19 heavy (non-hydrogen) atoms. The Kier molecular flexibility index (Phi) is 3.03. The van der Waals surface area contributed by atoms with Crippen LogP contribution in [0.25, 0.3) is 0 Å². The Morgan fingerprint density at radius 2 is 2.05 bits per heavy atom. The molecule has 0 aliphatic heterocycles. The Morgan fingerprint density at radius 1 is 1.37 bits per heavy atom. The predicted molar refractivity (Wildman–Crippen MR) is 66.8 cm³/mol. The second-order valence-corrected chi connectivity index (χ2v) is 4.55. The molecule has 1 aliphatic carbocycles. The Bertz CT molecular complexity index is 581. The van der Waals surface area contributed by atoms with E-state index in [1.807, 2.05) is 12.1 Å². The van der Waals surface area contributed by atoms with E-state index in [0.717, 1.165) is 12.8 Å². The summed E-state index contributed by atoms with van der Waals surface area (Å²) in [7, 11) is 0. The Hall–Kier alpha value is -2.17. The molecule has 5 nitrogen and oxygen atoms in total. The van der Waals surface area contributed by atoms with Crippen molar-refractivity contribution in [3.63, 3.8) is 0 Å². The summed E-state index contributed by atoms with van der Waals surface area (Å²) >= 11 is 0. The number of rotatable bonds is 3. The number of aromatic nitrogens is 2. The first-order chi connectivity index (χ1) is 9.28. The molecular weight excluding hydrogens is 244 g/mol. The van der Waals surface area contributed by atoms with Gasteiger partial charge in [0, 0.05) is 5.92 Å². The topological polar surface area (TPSA) is 65.2 Å². The monoisotopic (exact) mass is 258 g/mol. The standard InChI is InChI=1S/C14H14N2O3/c1-2-18-14(17)13-15-12(16-19-13)11-7-9-5-3-4-6-10(9)8-11/h3-6,11H,2,7-8H2,1H3. The van der Waals surface area contributed by atoms with Crippen molar-refractivity contribution >= 4 is 5.97 Å². The molecule has 5 heteroatoms. The Labute approximate surface area is 110 Å². The average Bonchev–Trinajstić information content (AvgIpc) is 3.05. The SMILES string of the molecule is CCOC(=O)c1nc(C2Cc3ccccc3C2)no1. The molecule has 1 aromatic heterocycles. The van der Waals surface area contributed by atoms with Crippen LogP contribution in [0.3, 0.4) is 0 Å². The summed E-state index contributed by atoms with van der Waals surface area (Å²) < 4.78 is 9.79. The number of carbonyl (C=O) groups is 1. The molecule has 1 heterocycles. The van der Waals surface area contributed by atoms with Crippen molar-refractivity contribution in [3.8, 4) is 0 Å². The van der Waals surface area contributed by atoms with Crippen molar-refractivity contribution in [1.82, 2.24) is 10.1 Å². The van der Waals surface area contributed by atoms with Gasteiger partial charge in [0.15, 0.2) is 5.82 Å². The average molecular weight is 258 g/mol. The summed E-state index contributed by atoms with van der Waals surface area (Å²) in [5.74, 6) is 0.146. The molecule has 98 valence electrons. The summed E-state index contributed by atoms with van der Waals surface area (Å²) in [4.78, 5) is 15.6. The third-order valence-corrected chi connectivity index (χ3v) is 3.31. The maximum atomic E-state index is 11.5. The van der Waals surface area contributed by atoms with Crippen LogP contribution in [0.5, 0.6) is 0 Å². The highest BCUT2D eigenvalue weighted by atomic mass is 16.6. The summed E-state index contributed by atoms with van der Waals surface area (Å²) in [6.07, 6.45) is 1.77. The lowest BCUT2D eigenvalue weighted by molar-refractivity contribution is 0.0470. The highest BCUT2D eigenvalue weighted by molar-refractivity contribution is 5.83. The van der Waals surface area contributed by atoms with Crippen LogP contribution in [0.2, 0.25) is 0 Å². The quantitative estimate of drug-likeness (QED) is 0.789. The van der Waals surface area contributed by atoms with Gasteiger partial charge in [0.25, 0.3) is 0 Å². The van der Waals surface area contributed by atoms with Gasteiger partial charge in [-0.15, -0.1) is 0 Å². The highest BCUT2D eigenvalue weighted by Crippen LogP contribution is 2.32. The zero-order valence-corrected chi connectivity index (χ0v) is 10.6. The third kappa shape index (κ3) is 2.23. The zero-order chi connectivity index (χ0) is 13.2. The predicted octanol–water partition coefficient (Wildman–Crippen LogP) is 2.13. The normalized spacial score (nSPS) is 14.4. The molecule has 0 N–H and O–H groups in total. The Morgan fingerprint density at radius 3 is 2.68 bits per heavy atom. The van der Waals surface area contributed by atoms with Gasteiger partial charge in [0.1, 0.15) is 0 Å². The van der Waals surface area contributed by atoms with E-state index in [9.17, 15) is 4.79 Å². The van der Waals surface area contributed by atoms with Crippen LogP contribution in [-0.2, 0) is 17.6 Å². The smallest absolute Gasteiger partial charge is 0.397 e. The van der Waals surface area contributed by atoms with Crippen LogP contribution in [0.15, 0.2) is 28.8 Å². The number of ether oxygens (including phenoxy) is 1. The number of hydrogen-bond donors (Lipinski definition) is 0. The lowest BCUT2D eigenvalue weighted by Gasteiger charge is -2.00. The summed E-state index contributed by atoms with van der Waals surface area (Å²) in [5, 5.41) is 3.90. The van der Waals surface area contributed by atoms with Gasteiger partial charge in [-0.1, -0.05) is 29.4 Å². The number of fused-ring (bicyclic) bond motifs is 1. The molecule has 0 radical (unpaired) electrons. The minimum atomic E-state index is -0.559. The fourth-order valence-electron chi connectivity index (χ4n) is 2.42. The van der Waals surface area contributed by atoms with E-state index in [1.165, 1.54) is 11.1 Å². The van der Waals surface area contributed by atoms with Gasteiger partial charge in [-0.2, -0.15) is 4.98 Å². The van der Waals surface area contributed by atoms with Crippen LogP contribution in [0.1, 0.15) is 40.5 Å². The van der Waals surface area contributed by atoms with Gasteiger partial charge in [-0.3, -0.25) is 0 Å². The largest absolute Gasteiger partial charge is 0.459 e. The minimum absolute atomic E-state index is 0.0622. The zero-order valence-electron chi connectivity index (χ0n) is 10.6. The molecule has 0 fully saturated rings. The van der Waals surface area contributed by atoms with Crippen molar-refractivity contribution in [2.75, 3.05) is 6.61 Å². The first-order valence-electron chi connectivity index (χ1n) is 6.35. The number of esters is 1. The van der Waals surface area contributed by atoms with E-state index in [4.69, 9.17) is 9.26 Å². The van der Waals surface area contributed by atoms with Crippen molar-refractivity contribution in [2.45, 2.75) is 25.7 Å². The van der Waals surface area contributed by atoms with Gasteiger partial charge in [0.2, 0.25) is 0 Å². The first kappa shape index (κ1) is 11.9. The van der Waals surface area contributed by atoms with Gasteiger partial charge < -0.3 is 9.26 Å². The fraction of sp³-hybridized carbons (Fsp3) is 0.357. The molecule has 0 amide bonds. The first-order valence-corrected chi connectivity index (χ1v) is 6.35. The van der Waals surface area contributed by atoms with E-state index in [1.54, 1.807) is 6.92 Å². The van der Waals surface area contributed by atoms with Crippen molar-refractivity contribution < 1.29 is 14.1 Å². The molecule has 0 bridgehead atoms. The molecular formula is C14H14N2O3. The van der Waals surface area contributed by atoms with Gasteiger partial charge in [-0.25, -0.2) is 4.79 Å². The van der Waals surface area contributed by atoms with Crippen LogP contribution in [0.4, 0.5) is 0 Å². The summed E-state index contributed by atoms with van der Waals surface area (Å²) in [6.45, 7) is 2.04. The van der Waals surface area contributed by atoms with Crippen molar-refractivity contribution in [3.05, 3.63) is 47.1 Å². The maximum absolute atomic E-state index is 11.5. The number of carbonyl (C=O) groups excluding carboxylic acids is 1. The highest BCUT2D eigenvalue weighted by Gasteiger charge is 2.28. The molecule has 2 aromatic rings. The van der Waals surface area contributed by atoms with Crippen LogP contribution in [0, 0.1) is 0 Å². The van der Waals surface area contributed by atoms with E-state index >= 15 is 0 Å². The third-order valence-electron chi connectivity index (χ3n) is 3.31. The second-order valence-electron chi connectivity index (χ2n) is 4.55. The minimum Gasteiger partial charge on any atom is -0.459 e.